The Hall–Kier alpha value is -2.73. The molecule has 2 fully saturated rings. The van der Waals surface area contributed by atoms with Gasteiger partial charge in [0, 0.05) is 63.6 Å². The number of rotatable bonds is 7. The van der Waals surface area contributed by atoms with Crippen LogP contribution in [0.25, 0.3) is 0 Å². The van der Waals surface area contributed by atoms with Crippen molar-refractivity contribution in [3.63, 3.8) is 0 Å². The van der Waals surface area contributed by atoms with Crippen molar-refractivity contribution in [1.82, 2.24) is 15.5 Å². The van der Waals surface area contributed by atoms with Crippen molar-refractivity contribution < 1.29 is 4.74 Å². The van der Waals surface area contributed by atoms with E-state index in [-0.39, 0.29) is 0 Å². The molecule has 4 rings (SSSR count). The molecule has 0 bridgehead atoms. The van der Waals surface area contributed by atoms with Crippen LogP contribution in [0.15, 0.2) is 59.6 Å². The summed E-state index contributed by atoms with van der Waals surface area (Å²) >= 11 is 0. The Bertz CT molecular complexity index is 902. The number of ether oxygens (including phenoxy) is 1. The summed E-state index contributed by atoms with van der Waals surface area (Å²) in [6, 6.07) is 20.2. The minimum Gasteiger partial charge on any atom is -0.497 e. The highest BCUT2D eigenvalue weighted by Gasteiger charge is 2.27. The van der Waals surface area contributed by atoms with Crippen LogP contribution in [0.3, 0.4) is 0 Å². The summed E-state index contributed by atoms with van der Waals surface area (Å²) in [4.78, 5) is 9.55. The number of hydrogen-bond donors (Lipinski definition) is 2. The fourth-order valence-corrected chi connectivity index (χ4v) is 5.07. The summed E-state index contributed by atoms with van der Waals surface area (Å²) in [5, 5.41) is 7.28. The largest absolute Gasteiger partial charge is 0.497 e. The van der Waals surface area contributed by atoms with Gasteiger partial charge in [0.05, 0.1) is 7.11 Å². The number of aliphatic imine (C=N–C) groups is 1. The molecular formula is C27H39N5O. The zero-order valence-corrected chi connectivity index (χ0v) is 20.3. The van der Waals surface area contributed by atoms with Gasteiger partial charge in [-0.05, 0) is 49.8 Å². The number of piperidine rings is 1. The molecular weight excluding hydrogens is 410 g/mol. The van der Waals surface area contributed by atoms with Crippen LogP contribution in [0.1, 0.15) is 31.7 Å². The minimum absolute atomic E-state index is 0.468. The maximum absolute atomic E-state index is 5.38. The average Bonchev–Trinajstić information content (AvgIpc) is 3.33. The van der Waals surface area contributed by atoms with Crippen LogP contribution in [0.5, 0.6) is 5.75 Å². The molecule has 0 spiro atoms. The lowest BCUT2D eigenvalue weighted by Crippen LogP contribution is -2.51. The van der Waals surface area contributed by atoms with E-state index in [1.54, 1.807) is 7.11 Å². The lowest BCUT2D eigenvalue weighted by Gasteiger charge is -2.38. The van der Waals surface area contributed by atoms with Crippen LogP contribution < -0.4 is 20.3 Å². The molecule has 2 aliphatic heterocycles. The number of benzene rings is 2. The molecule has 0 aromatic heterocycles. The van der Waals surface area contributed by atoms with Gasteiger partial charge in [0.1, 0.15) is 5.75 Å². The second-order valence-corrected chi connectivity index (χ2v) is 9.43. The smallest absolute Gasteiger partial charge is 0.191 e. The van der Waals surface area contributed by atoms with Gasteiger partial charge in [-0.1, -0.05) is 36.4 Å². The number of methoxy groups -OCH3 is 1. The predicted octanol–water partition coefficient (Wildman–Crippen LogP) is 3.74. The monoisotopic (exact) mass is 449 g/mol. The lowest BCUT2D eigenvalue weighted by atomic mass is 9.97. The SMILES string of the molecule is CN=C(NCC1CCN(c2cccc(OC)c2)C1)NC1CCN(Cc2ccccc2)C(C)C1. The highest BCUT2D eigenvalue weighted by atomic mass is 16.5. The molecule has 0 saturated carbocycles. The van der Waals surface area contributed by atoms with Crippen molar-refractivity contribution in [2.45, 2.75) is 44.8 Å². The summed E-state index contributed by atoms with van der Waals surface area (Å²) in [6.45, 7) is 7.59. The van der Waals surface area contributed by atoms with E-state index in [2.05, 4.69) is 80.9 Å². The molecule has 178 valence electrons. The fraction of sp³-hybridized carbons (Fsp3) is 0.519. The van der Waals surface area contributed by atoms with E-state index in [0.717, 1.165) is 57.3 Å². The third-order valence-corrected chi connectivity index (χ3v) is 7.07. The first-order valence-corrected chi connectivity index (χ1v) is 12.3. The van der Waals surface area contributed by atoms with Crippen molar-refractivity contribution in [3.8, 4) is 5.75 Å². The van der Waals surface area contributed by atoms with Crippen LogP contribution in [0, 0.1) is 5.92 Å². The Morgan fingerprint density at radius 3 is 2.70 bits per heavy atom. The van der Waals surface area contributed by atoms with Crippen molar-refractivity contribution in [2.75, 3.05) is 45.2 Å². The topological polar surface area (TPSA) is 52.1 Å². The first kappa shape index (κ1) is 23.4. The van der Waals surface area contributed by atoms with Gasteiger partial charge in [0.15, 0.2) is 5.96 Å². The van der Waals surface area contributed by atoms with Gasteiger partial charge in [-0.2, -0.15) is 0 Å². The molecule has 6 nitrogen and oxygen atoms in total. The Kier molecular flexibility index (Phi) is 8.10. The van der Waals surface area contributed by atoms with Crippen LogP contribution in [-0.2, 0) is 6.54 Å². The molecule has 2 aromatic rings. The first-order valence-electron chi connectivity index (χ1n) is 12.3. The van der Waals surface area contributed by atoms with Crippen molar-refractivity contribution >= 4 is 11.6 Å². The highest BCUT2D eigenvalue weighted by molar-refractivity contribution is 5.80. The van der Waals surface area contributed by atoms with E-state index in [4.69, 9.17) is 4.74 Å². The van der Waals surface area contributed by atoms with Gasteiger partial charge in [-0.15, -0.1) is 0 Å². The molecule has 3 unspecified atom stereocenters. The number of anilines is 1. The number of hydrogen-bond acceptors (Lipinski definition) is 4. The molecule has 2 saturated heterocycles. The number of nitrogens with one attached hydrogen (secondary N) is 2. The van der Waals surface area contributed by atoms with E-state index < -0.39 is 0 Å². The summed E-state index contributed by atoms with van der Waals surface area (Å²) in [5.74, 6) is 2.47. The summed E-state index contributed by atoms with van der Waals surface area (Å²) in [6.07, 6.45) is 3.47. The van der Waals surface area contributed by atoms with Gasteiger partial charge in [0.25, 0.3) is 0 Å². The van der Waals surface area contributed by atoms with E-state index in [9.17, 15) is 0 Å². The third-order valence-electron chi connectivity index (χ3n) is 7.07. The molecule has 2 aliphatic rings. The molecule has 0 radical (unpaired) electrons. The molecule has 6 heteroatoms. The van der Waals surface area contributed by atoms with Crippen molar-refractivity contribution in [3.05, 3.63) is 60.2 Å². The zero-order chi connectivity index (χ0) is 23.0. The van der Waals surface area contributed by atoms with Crippen LogP contribution in [0.2, 0.25) is 0 Å². The minimum atomic E-state index is 0.468. The maximum atomic E-state index is 5.38. The average molecular weight is 450 g/mol. The normalized spacial score (nSPS) is 24.0. The van der Waals surface area contributed by atoms with Crippen molar-refractivity contribution in [1.29, 1.82) is 0 Å². The summed E-state index contributed by atoms with van der Waals surface area (Å²) < 4.78 is 5.38. The lowest BCUT2D eigenvalue weighted by molar-refractivity contribution is 0.134. The molecule has 2 N–H and O–H groups in total. The van der Waals surface area contributed by atoms with Gasteiger partial charge >= 0.3 is 0 Å². The third kappa shape index (κ3) is 6.41. The van der Waals surface area contributed by atoms with E-state index >= 15 is 0 Å². The molecule has 0 amide bonds. The van der Waals surface area contributed by atoms with Crippen molar-refractivity contribution in [2.24, 2.45) is 10.9 Å². The van der Waals surface area contributed by atoms with Gasteiger partial charge in [-0.3, -0.25) is 9.89 Å². The Balaban J connectivity index is 1.21. The van der Waals surface area contributed by atoms with E-state index in [1.165, 1.54) is 17.7 Å². The van der Waals surface area contributed by atoms with Gasteiger partial charge in [-0.25, -0.2) is 0 Å². The number of guanidine groups is 1. The summed E-state index contributed by atoms with van der Waals surface area (Å²) in [7, 11) is 3.60. The second kappa shape index (κ2) is 11.4. The number of nitrogens with zero attached hydrogens (tertiary/aromatic N) is 3. The molecule has 3 atom stereocenters. The molecule has 0 aliphatic carbocycles. The van der Waals surface area contributed by atoms with Crippen LogP contribution in [-0.4, -0.2) is 63.3 Å². The molecule has 2 heterocycles. The van der Waals surface area contributed by atoms with E-state index in [1.807, 2.05) is 13.1 Å². The fourth-order valence-electron chi connectivity index (χ4n) is 5.07. The second-order valence-electron chi connectivity index (χ2n) is 9.43. The first-order chi connectivity index (χ1) is 16.1. The highest BCUT2D eigenvalue weighted by Crippen LogP contribution is 2.26. The van der Waals surface area contributed by atoms with E-state index in [0.29, 0.717) is 18.0 Å². The van der Waals surface area contributed by atoms with Crippen LogP contribution in [0.4, 0.5) is 5.69 Å². The molecule has 33 heavy (non-hydrogen) atoms. The maximum Gasteiger partial charge on any atom is 0.191 e. The standard InChI is InChI=1S/C27H39N5O/c1-21-16-24(13-15-31(21)19-22-8-5-4-6-9-22)30-27(28-2)29-18-23-12-14-32(20-23)25-10-7-11-26(17-25)33-3/h4-11,17,21,23-24H,12-16,18-20H2,1-3H3,(H2,28,29,30). The van der Waals surface area contributed by atoms with Gasteiger partial charge in [0.2, 0.25) is 0 Å². The summed E-state index contributed by atoms with van der Waals surface area (Å²) in [5.41, 5.74) is 2.64. The Labute approximate surface area is 199 Å². The number of likely N-dealkylation sites (tertiary alicyclic amines) is 1. The quantitative estimate of drug-likeness (QED) is 0.498. The Morgan fingerprint density at radius 2 is 1.94 bits per heavy atom. The Morgan fingerprint density at radius 1 is 1.09 bits per heavy atom. The molecule has 2 aromatic carbocycles. The van der Waals surface area contributed by atoms with Crippen LogP contribution >= 0.6 is 0 Å². The van der Waals surface area contributed by atoms with Gasteiger partial charge < -0.3 is 20.3 Å². The predicted molar refractivity (Wildman–Crippen MR) is 137 cm³/mol. The zero-order valence-electron chi connectivity index (χ0n) is 20.3.